The van der Waals surface area contributed by atoms with Crippen LogP contribution >= 0.6 is 0 Å². The molecule has 1 N–H and O–H groups in total. The van der Waals surface area contributed by atoms with Gasteiger partial charge in [-0.05, 0) is 36.6 Å². The minimum atomic E-state index is -1.05. The first-order valence-corrected chi connectivity index (χ1v) is 9.79. The Kier molecular flexibility index (Phi) is 7.94. The first-order chi connectivity index (χ1) is 13.3. The van der Waals surface area contributed by atoms with E-state index in [0.717, 1.165) is 19.5 Å². The predicted molar refractivity (Wildman–Crippen MR) is 112 cm³/mol. The van der Waals surface area contributed by atoms with Gasteiger partial charge in [0.2, 0.25) is 0 Å². The van der Waals surface area contributed by atoms with Gasteiger partial charge >= 0.3 is 5.97 Å². The molecule has 2 aromatic rings. The second-order valence-electron chi connectivity index (χ2n) is 8.35. The first-order valence-electron chi connectivity index (χ1n) is 9.79. The van der Waals surface area contributed by atoms with Crippen LogP contribution in [0.3, 0.4) is 0 Å². The summed E-state index contributed by atoms with van der Waals surface area (Å²) < 4.78 is 0. The van der Waals surface area contributed by atoms with E-state index in [2.05, 4.69) is 60.5 Å². The highest BCUT2D eigenvalue weighted by atomic mass is 16.4. The van der Waals surface area contributed by atoms with Gasteiger partial charge in [0.15, 0.2) is 0 Å². The van der Waals surface area contributed by atoms with Crippen LogP contribution in [0.4, 0.5) is 0 Å². The van der Waals surface area contributed by atoms with E-state index in [0.29, 0.717) is 5.92 Å². The Morgan fingerprint density at radius 2 is 1.46 bits per heavy atom. The van der Waals surface area contributed by atoms with Crippen LogP contribution in [-0.4, -0.2) is 41.9 Å². The summed E-state index contributed by atoms with van der Waals surface area (Å²) in [6.45, 7) is 5.68. The standard InChI is InChI=1S/C24H31NO3/c1-24(2,17-21(26)16-23(27)28)18-25(3)15-14-22(19-10-6-4-7-11-19)20-12-8-5-9-13-20/h4-13,22H,14-18H2,1-3H3,(H,27,28). The highest BCUT2D eigenvalue weighted by Gasteiger charge is 2.25. The molecule has 0 amide bonds. The zero-order chi connectivity index (χ0) is 20.6. The average molecular weight is 382 g/mol. The summed E-state index contributed by atoms with van der Waals surface area (Å²) in [4.78, 5) is 24.9. The van der Waals surface area contributed by atoms with Crippen molar-refractivity contribution in [3.8, 4) is 0 Å². The fourth-order valence-electron chi connectivity index (χ4n) is 3.88. The Hall–Kier alpha value is -2.46. The number of hydrogen-bond donors (Lipinski definition) is 1. The molecule has 2 rings (SSSR count). The molecule has 0 spiro atoms. The summed E-state index contributed by atoms with van der Waals surface area (Å²) in [5, 5.41) is 8.79. The Balaban J connectivity index is 1.98. The summed E-state index contributed by atoms with van der Waals surface area (Å²) in [6, 6.07) is 21.1. The summed E-state index contributed by atoms with van der Waals surface area (Å²) in [5.41, 5.74) is 2.35. The van der Waals surface area contributed by atoms with Gasteiger partial charge in [-0.1, -0.05) is 74.5 Å². The van der Waals surface area contributed by atoms with E-state index in [1.165, 1.54) is 11.1 Å². The normalized spacial score (nSPS) is 11.8. The zero-order valence-electron chi connectivity index (χ0n) is 17.1. The second-order valence-corrected chi connectivity index (χ2v) is 8.35. The third-order valence-electron chi connectivity index (χ3n) is 4.93. The lowest BCUT2D eigenvalue weighted by molar-refractivity contribution is -0.140. The Labute approximate surface area is 168 Å². The number of carboxylic acids is 1. The Morgan fingerprint density at radius 1 is 0.964 bits per heavy atom. The number of carbonyl (C=O) groups is 2. The molecule has 4 nitrogen and oxygen atoms in total. The molecule has 0 unspecified atom stereocenters. The number of carboxylic acid groups (broad SMARTS) is 1. The van der Waals surface area contributed by atoms with Crippen LogP contribution in [0.25, 0.3) is 0 Å². The van der Waals surface area contributed by atoms with E-state index in [4.69, 9.17) is 5.11 Å². The Bertz CT molecular complexity index is 716. The van der Waals surface area contributed by atoms with Crippen LogP contribution < -0.4 is 0 Å². The maximum Gasteiger partial charge on any atom is 0.310 e. The monoisotopic (exact) mass is 381 g/mol. The maximum atomic E-state index is 11.9. The lowest BCUT2D eigenvalue weighted by Gasteiger charge is -2.31. The van der Waals surface area contributed by atoms with Gasteiger partial charge in [0, 0.05) is 18.9 Å². The van der Waals surface area contributed by atoms with E-state index >= 15 is 0 Å². The fraction of sp³-hybridized carbons (Fsp3) is 0.417. The summed E-state index contributed by atoms with van der Waals surface area (Å²) in [5.74, 6) is -0.943. The van der Waals surface area contributed by atoms with Gasteiger partial charge in [0.1, 0.15) is 12.2 Å². The van der Waals surface area contributed by atoms with Crippen molar-refractivity contribution in [2.75, 3.05) is 20.1 Å². The summed E-state index contributed by atoms with van der Waals surface area (Å²) in [7, 11) is 2.07. The number of aliphatic carboxylic acids is 1. The highest BCUT2D eigenvalue weighted by Crippen LogP contribution is 2.29. The maximum absolute atomic E-state index is 11.9. The molecule has 150 valence electrons. The van der Waals surface area contributed by atoms with Crippen LogP contribution in [0.15, 0.2) is 60.7 Å². The molecule has 0 heterocycles. The third kappa shape index (κ3) is 7.28. The van der Waals surface area contributed by atoms with Crippen molar-refractivity contribution in [3.63, 3.8) is 0 Å². The zero-order valence-corrected chi connectivity index (χ0v) is 17.1. The van der Waals surface area contributed by atoms with Gasteiger partial charge in [-0.15, -0.1) is 0 Å². The molecule has 0 bridgehead atoms. The SMILES string of the molecule is CN(CCC(c1ccccc1)c1ccccc1)CC(C)(C)CC(=O)CC(=O)O. The topological polar surface area (TPSA) is 57.6 Å². The lowest BCUT2D eigenvalue weighted by Crippen LogP contribution is -2.34. The molecule has 0 atom stereocenters. The van der Waals surface area contributed by atoms with Crippen molar-refractivity contribution in [2.45, 2.75) is 39.0 Å². The van der Waals surface area contributed by atoms with E-state index in [1.807, 2.05) is 26.0 Å². The highest BCUT2D eigenvalue weighted by molar-refractivity contribution is 5.94. The average Bonchev–Trinajstić information content (AvgIpc) is 2.62. The van der Waals surface area contributed by atoms with Crippen molar-refractivity contribution in [1.82, 2.24) is 4.90 Å². The van der Waals surface area contributed by atoms with Crippen LogP contribution in [0.2, 0.25) is 0 Å². The quantitative estimate of drug-likeness (QED) is 0.578. The van der Waals surface area contributed by atoms with Gasteiger partial charge in [0.05, 0.1) is 0 Å². The second kappa shape index (κ2) is 10.2. The van der Waals surface area contributed by atoms with Crippen molar-refractivity contribution in [2.24, 2.45) is 5.41 Å². The summed E-state index contributed by atoms with van der Waals surface area (Å²) in [6.07, 6.45) is 0.866. The molecular weight excluding hydrogens is 350 g/mol. The number of rotatable bonds is 11. The molecule has 0 aliphatic carbocycles. The molecule has 0 saturated carbocycles. The minimum Gasteiger partial charge on any atom is -0.481 e. The molecular formula is C24H31NO3. The number of hydrogen-bond acceptors (Lipinski definition) is 3. The van der Waals surface area contributed by atoms with Gasteiger partial charge in [-0.3, -0.25) is 9.59 Å². The van der Waals surface area contributed by atoms with Crippen LogP contribution in [0, 0.1) is 5.41 Å². The van der Waals surface area contributed by atoms with Crippen LogP contribution in [0.5, 0.6) is 0 Å². The van der Waals surface area contributed by atoms with Crippen molar-refractivity contribution >= 4 is 11.8 Å². The lowest BCUT2D eigenvalue weighted by atomic mass is 9.85. The van der Waals surface area contributed by atoms with Crippen molar-refractivity contribution < 1.29 is 14.7 Å². The smallest absolute Gasteiger partial charge is 0.310 e. The van der Waals surface area contributed by atoms with Crippen molar-refractivity contribution in [1.29, 1.82) is 0 Å². The number of nitrogens with zero attached hydrogens (tertiary/aromatic N) is 1. The van der Waals surface area contributed by atoms with Gasteiger partial charge < -0.3 is 10.0 Å². The first kappa shape index (κ1) is 21.8. The van der Waals surface area contributed by atoms with Gasteiger partial charge in [-0.2, -0.15) is 0 Å². The molecule has 0 saturated heterocycles. The largest absolute Gasteiger partial charge is 0.481 e. The molecule has 0 aliphatic heterocycles. The van der Waals surface area contributed by atoms with Crippen LogP contribution in [0.1, 0.15) is 50.2 Å². The molecule has 0 aliphatic rings. The van der Waals surface area contributed by atoms with E-state index < -0.39 is 12.4 Å². The summed E-state index contributed by atoms with van der Waals surface area (Å²) >= 11 is 0. The number of ketones is 1. The molecule has 4 heteroatoms. The van der Waals surface area contributed by atoms with E-state index in [9.17, 15) is 9.59 Å². The van der Waals surface area contributed by atoms with Gasteiger partial charge in [-0.25, -0.2) is 0 Å². The van der Waals surface area contributed by atoms with Crippen LogP contribution in [-0.2, 0) is 9.59 Å². The molecule has 28 heavy (non-hydrogen) atoms. The number of carbonyl (C=O) groups excluding carboxylic acids is 1. The molecule has 0 aromatic heterocycles. The molecule has 0 fully saturated rings. The Morgan fingerprint density at radius 3 is 1.93 bits per heavy atom. The fourth-order valence-corrected chi connectivity index (χ4v) is 3.88. The van der Waals surface area contributed by atoms with Crippen molar-refractivity contribution in [3.05, 3.63) is 71.8 Å². The number of Topliss-reactive ketones (excluding diaryl/α,β-unsaturated/α-hetero) is 1. The predicted octanol–water partition coefficient (Wildman–Crippen LogP) is 4.60. The number of benzene rings is 2. The third-order valence-corrected chi connectivity index (χ3v) is 4.93. The van der Waals surface area contributed by atoms with E-state index in [1.54, 1.807) is 0 Å². The van der Waals surface area contributed by atoms with Gasteiger partial charge in [0.25, 0.3) is 0 Å². The minimum absolute atomic E-state index is 0.211. The molecule has 0 radical (unpaired) electrons. The molecule has 2 aromatic carbocycles. The van der Waals surface area contributed by atoms with E-state index in [-0.39, 0.29) is 17.6 Å².